The van der Waals surface area contributed by atoms with Crippen molar-refractivity contribution in [1.82, 2.24) is 0 Å². The molecule has 26 heavy (non-hydrogen) atoms. The molecular formula is C22H26N4. The first kappa shape index (κ1) is 19.2. The lowest BCUT2D eigenvalue weighted by molar-refractivity contribution is 1.04. The zero-order valence-corrected chi connectivity index (χ0v) is 14.8. The lowest BCUT2D eigenvalue weighted by Crippen LogP contribution is -1.98. The average molecular weight is 346 g/mol. The number of rotatable bonds is 4. The van der Waals surface area contributed by atoms with E-state index in [9.17, 15) is 0 Å². The van der Waals surface area contributed by atoms with E-state index in [1.165, 1.54) is 0 Å². The standard InChI is InChI=1S/C14H14N2.C8H12N2/c15-13-7-3-11(4-8-13)1-2-12-5-9-14(16)10-6-12;9-5-7-1-2-8(6-10)4-3-7/h1-10H,15-16H2;1-4H,5-6,9-10H2. The Labute approximate surface area is 155 Å². The van der Waals surface area contributed by atoms with Gasteiger partial charge in [-0.25, -0.2) is 0 Å². The normalized spacial score (nSPS) is 10.4. The summed E-state index contributed by atoms with van der Waals surface area (Å²) in [6.45, 7) is 1.20. The molecule has 0 aliphatic heterocycles. The number of hydrogen-bond donors (Lipinski definition) is 4. The maximum atomic E-state index is 5.61. The van der Waals surface area contributed by atoms with Crippen molar-refractivity contribution in [3.63, 3.8) is 0 Å². The van der Waals surface area contributed by atoms with Crippen molar-refractivity contribution in [1.29, 1.82) is 0 Å². The Morgan fingerprint density at radius 3 is 1.08 bits per heavy atom. The predicted molar refractivity (Wildman–Crippen MR) is 113 cm³/mol. The lowest BCUT2D eigenvalue weighted by Gasteiger charge is -1.97. The highest BCUT2D eigenvalue weighted by molar-refractivity contribution is 5.70. The second-order valence-electron chi connectivity index (χ2n) is 5.89. The predicted octanol–water partition coefficient (Wildman–Crippen LogP) is 3.63. The molecule has 0 amide bonds. The average Bonchev–Trinajstić information content (AvgIpc) is 2.69. The van der Waals surface area contributed by atoms with Crippen molar-refractivity contribution in [2.24, 2.45) is 11.5 Å². The van der Waals surface area contributed by atoms with Crippen LogP contribution < -0.4 is 22.9 Å². The summed E-state index contributed by atoms with van der Waals surface area (Å²) in [6, 6.07) is 23.5. The minimum absolute atomic E-state index is 0.602. The summed E-state index contributed by atoms with van der Waals surface area (Å²) in [6.07, 6.45) is 4.09. The minimum atomic E-state index is 0.602. The summed E-state index contributed by atoms with van der Waals surface area (Å²) in [7, 11) is 0. The Morgan fingerprint density at radius 1 is 0.500 bits per heavy atom. The molecule has 0 aliphatic carbocycles. The maximum Gasteiger partial charge on any atom is 0.0314 e. The van der Waals surface area contributed by atoms with E-state index in [0.717, 1.165) is 33.6 Å². The molecule has 0 atom stereocenters. The highest BCUT2D eigenvalue weighted by Crippen LogP contribution is 2.12. The summed E-state index contributed by atoms with van der Waals surface area (Å²) in [5.41, 5.74) is 28.2. The Hall–Kier alpha value is -3.08. The zero-order valence-electron chi connectivity index (χ0n) is 14.8. The summed E-state index contributed by atoms with van der Waals surface area (Å²) in [5.74, 6) is 0. The topological polar surface area (TPSA) is 104 Å². The smallest absolute Gasteiger partial charge is 0.0314 e. The molecule has 0 aromatic heterocycles. The molecule has 0 radical (unpaired) electrons. The van der Waals surface area contributed by atoms with E-state index in [1.807, 2.05) is 84.9 Å². The summed E-state index contributed by atoms with van der Waals surface area (Å²) in [4.78, 5) is 0. The number of nitrogens with two attached hydrogens (primary N) is 4. The number of benzene rings is 3. The first-order chi connectivity index (χ1) is 12.6. The molecule has 4 heteroatoms. The van der Waals surface area contributed by atoms with E-state index in [4.69, 9.17) is 22.9 Å². The number of anilines is 2. The molecule has 0 aliphatic rings. The van der Waals surface area contributed by atoms with Gasteiger partial charge in [-0.05, 0) is 46.5 Å². The SMILES string of the molecule is NCc1ccc(CN)cc1.Nc1ccc(C=Cc2ccc(N)cc2)cc1. The van der Waals surface area contributed by atoms with Crippen LogP contribution in [0.15, 0.2) is 72.8 Å². The molecule has 0 bridgehead atoms. The summed E-state index contributed by atoms with van der Waals surface area (Å²) >= 11 is 0. The van der Waals surface area contributed by atoms with Crippen LogP contribution in [0.4, 0.5) is 11.4 Å². The van der Waals surface area contributed by atoms with Crippen molar-refractivity contribution >= 4 is 23.5 Å². The number of hydrogen-bond acceptors (Lipinski definition) is 4. The Balaban J connectivity index is 0.000000209. The molecule has 0 saturated heterocycles. The first-order valence-corrected chi connectivity index (χ1v) is 8.48. The van der Waals surface area contributed by atoms with E-state index < -0.39 is 0 Å². The van der Waals surface area contributed by atoms with Gasteiger partial charge in [-0.2, -0.15) is 0 Å². The van der Waals surface area contributed by atoms with Gasteiger partial charge >= 0.3 is 0 Å². The van der Waals surface area contributed by atoms with Gasteiger partial charge in [0.15, 0.2) is 0 Å². The van der Waals surface area contributed by atoms with Crippen molar-refractivity contribution in [3.8, 4) is 0 Å². The zero-order chi connectivity index (χ0) is 18.8. The molecule has 3 aromatic rings. The third-order valence-electron chi connectivity index (χ3n) is 3.84. The van der Waals surface area contributed by atoms with Crippen LogP contribution in [0, 0.1) is 0 Å². The second-order valence-corrected chi connectivity index (χ2v) is 5.89. The quantitative estimate of drug-likeness (QED) is 0.428. The van der Waals surface area contributed by atoms with Gasteiger partial charge in [0.2, 0.25) is 0 Å². The molecule has 3 rings (SSSR count). The van der Waals surface area contributed by atoms with Crippen molar-refractivity contribution < 1.29 is 0 Å². The van der Waals surface area contributed by atoms with Gasteiger partial charge in [-0.1, -0.05) is 60.7 Å². The molecule has 0 saturated carbocycles. The lowest BCUT2D eigenvalue weighted by atomic mass is 10.1. The van der Waals surface area contributed by atoms with Crippen molar-refractivity contribution in [2.45, 2.75) is 13.1 Å². The molecule has 0 spiro atoms. The van der Waals surface area contributed by atoms with Crippen LogP contribution in [-0.4, -0.2) is 0 Å². The third-order valence-corrected chi connectivity index (χ3v) is 3.84. The van der Waals surface area contributed by atoms with Crippen LogP contribution in [0.5, 0.6) is 0 Å². The Kier molecular flexibility index (Phi) is 7.43. The van der Waals surface area contributed by atoms with Gasteiger partial charge in [-0.15, -0.1) is 0 Å². The van der Waals surface area contributed by atoms with E-state index in [-0.39, 0.29) is 0 Å². The minimum Gasteiger partial charge on any atom is -0.399 e. The van der Waals surface area contributed by atoms with Gasteiger partial charge in [0.25, 0.3) is 0 Å². The Bertz CT molecular complexity index is 734. The van der Waals surface area contributed by atoms with Crippen LogP contribution in [0.3, 0.4) is 0 Å². The molecule has 0 fully saturated rings. The molecule has 134 valence electrons. The largest absolute Gasteiger partial charge is 0.399 e. The van der Waals surface area contributed by atoms with Gasteiger partial charge in [0, 0.05) is 24.5 Å². The van der Waals surface area contributed by atoms with Crippen molar-refractivity contribution in [2.75, 3.05) is 11.5 Å². The maximum absolute atomic E-state index is 5.61. The van der Waals surface area contributed by atoms with Crippen LogP contribution in [0.1, 0.15) is 22.3 Å². The molecule has 0 unspecified atom stereocenters. The fourth-order valence-electron chi connectivity index (χ4n) is 2.22. The van der Waals surface area contributed by atoms with E-state index in [1.54, 1.807) is 0 Å². The Morgan fingerprint density at radius 2 is 0.808 bits per heavy atom. The van der Waals surface area contributed by atoms with E-state index in [0.29, 0.717) is 13.1 Å². The molecule has 3 aromatic carbocycles. The van der Waals surface area contributed by atoms with E-state index in [2.05, 4.69) is 0 Å². The molecule has 0 heterocycles. The third kappa shape index (κ3) is 6.43. The van der Waals surface area contributed by atoms with Gasteiger partial charge in [0.1, 0.15) is 0 Å². The molecular weight excluding hydrogens is 320 g/mol. The van der Waals surface area contributed by atoms with Crippen LogP contribution in [-0.2, 0) is 13.1 Å². The van der Waals surface area contributed by atoms with Gasteiger partial charge < -0.3 is 22.9 Å². The number of nitrogen functional groups attached to an aromatic ring is 2. The fraction of sp³-hybridized carbons (Fsp3) is 0.0909. The fourth-order valence-corrected chi connectivity index (χ4v) is 2.22. The highest BCUT2D eigenvalue weighted by atomic mass is 14.5. The molecule has 4 nitrogen and oxygen atoms in total. The van der Waals surface area contributed by atoms with Gasteiger partial charge in [-0.3, -0.25) is 0 Å². The van der Waals surface area contributed by atoms with Gasteiger partial charge in [0.05, 0.1) is 0 Å². The molecule has 8 N–H and O–H groups in total. The van der Waals surface area contributed by atoms with Crippen LogP contribution in [0.25, 0.3) is 12.2 Å². The summed E-state index contributed by atoms with van der Waals surface area (Å²) < 4.78 is 0. The van der Waals surface area contributed by atoms with Crippen LogP contribution in [0.2, 0.25) is 0 Å². The second kappa shape index (κ2) is 10.0. The first-order valence-electron chi connectivity index (χ1n) is 8.48. The monoisotopic (exact) mass is 346 g/mol. The van der Waals surface area contributed by atoms with E-state index >= 15 is 0 Å². The summed E-state index contributed by atoms with van der Waals surface area (Å²) in [5, 5.41) is 0. The highest BCUT2D eigenvalue weighted by Gasteiger charge is 1.89. The van der Waals surface area contributed by atoms with Crippen LogP contribution >= 0.6 is 0 Å². The van der Waals surface area contributed by atoms with Crippen molar-refractivity contribution in [3.05, 3.63) is 95.1 Å².